The number of piperidine rings is 1. The van der Waals surface area contributed by atoms with E-state index in [9.17, 15) is 4.79 Å². The number of carbonyl (C=O) groups excluding carboxylic acids is 1. The van der Waals surface area contributed by atoms with E-state index in [4.69, 9.17) is 0 Å². The lowest BCUT2D eigenvalue weighted by molar-refractivity contribution is -0.121. The molecule has 1 aliphatic heterocycles. The minimum Gasteiger partial charge on any atom is -0.359 e. The van der Waals surface area contributed by atoms with E-state index in [1.165, 1.54) is 0 Å². The molecule has 4 heteroatoms. The fourth-order valence-corrected chi connectivity index (χ4v) is 1.45. The zero-order valence-corrected chi connectivity index (χ0v) is 8.25. The summed E-state index contributed by atoms with van der Waals surface area (Å²) < 4.78 is 0. The van der Waals surface area contributed by atoms with Crippen LogP contribution in [0, 0.1) is 5.92 Å². The van der Waals surface area contributed by atoms with Gasteiger partial charge in [-0.3, -0.25) is 4.79 Å². The van der Waals surface area contributed by atoms with Crippen LogP contribution in [0.15, 0.2) is 0 Å². The lowest BCUT2D eigenvalue weighted by Gasteiger charge is -2.21. The van der Waals surface area contributed by atoms with E-state index in [-0.39, 0.29) is 18.3 Å². The maximum Gasteiger partial charge on any atom is 0.220 e. The first-order valence-corrected chi connectivity index (χ1v) is 4.24. The summed E-state index contributed by atoms with van der Waals surface area (Å²) in [5.74, 6) is 0.785. The highest BCUT2D eigenvalue weighted by atomic mass is 35.5. The van der Waals surface area contributed by atoms with Crippen LogP contribution >= 0.6 is 12.4 Å². The highest BCUT2D eigenvalue weighted by molar-refractivity contribution is 5.85. The standard InChI is InChI=1S/C8H16N2O.ClH/c1-9-8(11)6-7-2-4-10-5-3-7;/h7,10H,2-6H2,1H3,(H,9,11);1H. The van der Waals surface area contributed by atoms with Crippen LogP contribution in [0.5, 0.6) is 0 Å². The molecule has 0 aliphatic carbocycles. The summed E-state index contributed by atoms with van der Waals surface area (Å²) in [5, 5.41) is 5.93. The molecule has 1 amide bonds. The van der Waals surface area contributed by atoms with Crippen molar-refractivity contribution in [1.29, 1.82) is 0 Å². The molecule has 1 heterocycles. The molecule has 3 nitrogen and oxygen atoms in total. The Hall–Kier alpha value is -0.280. The number of rotatable bonds is 2. The SMILES string of the molecule is CNC(=O)CC1CCNCC1.Cl. The molecule has 0 atom stereocenters. The Morgan fingerprint density at radius 1 is 1.50 bits per heavy atom. The zero-order valence-electron chi connectivity index (χ0n) is 7.43. The van der Waals surface area contributed by atoms with Crippen LogP contribution in [0.25, 0.3) is 0 Å². The molecule has 0 saturated carbocycles. The van der Waals surface area contributed by atoms with Crippen LogP contribution in [0.3, 0.4) is 0 Å². The summed E-state index contributed by atoms with van der Waals surface area (Å²) in [6.07, 6.45) is 3.00. The van der Waals surface area contributed by atoms with Gasteiger partial charge in [-0.2, -0.15) is 0 Å². The van der Waals surface area contributed by atoms with Crippen molar-refractivity contribution in [2.75, 3.05) is 20.1 Å². The molecule has 12 heavy (non-hydrogen) atoms. The maximum atomic E-state index is 10.9. The van der Waals surface area contributed by atoms with Gasteiger partial charge in [-0.1, -0.05) is 0 Å². The third kappa shape index (κ3) is 3.93. The van der Waals surface area contributed by atoms with Crippen molar-refractivity contribution in [3.05, 3.63) is 0 Å². The Morgan fingerprint density at radius 3 is 2.58 bits per heavy atom. The van der Waals surface area contributed by atoms with Crippen molar-refractivity contribution >= 4 is 18.3 Å². The van der Waals surface area contributed by atoms with Gasteiger partial charge in [0.15, 0.2) is 0 Å². The number of carbonyl (C=O) groups is 1. The van der Waals surface area contributed by atoms with E-state index in [2.05, 4.69) is 10.6 Å². The van der Waals surface area contributed by atoms with Gasteiger partial charge >= 0.3 is 0 Å². The van der Waals surface area contributed by atoms with Crippen LogP contribution < -0.4 is 10.6 Å². The average Bonchev–Trinajstić information content (AvgIpc) is 2.06. The largest absolute Gasteiger partial charge is 0.359 e. The first kappa shape index (κ1) is 11.7. The van der Waals surface area contributed by atoms with Crippen LogP contribution in [-0.4, -0.2) is 26.0 Å². The van der Waals surface area contributed by atoms with E-state index in [0.29, 0.717) is 12.3 Å². The molecular weight excluding hydrogens is 176 g/mol. The predicted octanol–water partition coefficient (Wildman–Crippen LogP) is 0.544. The van der Waals surface area contributed by atoms with Crippen molar-refractivity contribution < 1.29 is 4.79 Å². The Labute approximate surface area is 79.7 Å². The summed E-state index contributed by atoms with van der Waals surface area (Å²) in [5.41, 5.74) is 0. The first-order chi connectivity index (χ1) is 5.33. The van der Waals surface area contributed by atoms with Gasteiger partial charge in [0.1, 0.15) is 0 Å². The second kappa shape index (κ2) is 6.26. The van der Waals surface area contributed by atoms with Crippen LogP contribution in [0.2, 0.25) is 0 Å². The summed E-state index contributed by atoms with van der Waals surface area (Å²) in [4.78, 5) is 10.9. The topological polar surface area (TPSA) is 41.1 Å². The number of halogens is 1. The van der Waals surface area contributed by atoms with E-state index in [1.54, 1.807) is 7.05 Å². The van der Waals surface area contributed by atoms with Gasteiger partial charge in [-0.25, -0.2) is 0 Å². The lowest BCUT2D eigenvalue weighted by Crippen LogP contribution is -2.31. The second-order valence-electron chi connectivity index (χ2n) is 3.07. The summed E-state index contributed by atoms with van der Waals surface area (Å²) in [7, 11) is 1.70. The van der Waals surface area contributed by atoms with Gasteiger partial charge in [-0.05, 0) is 31.8 Å². The van der Waals surface area contributed by atoms with Crippen LogP contribution in [0.4, 0.5) is 0 Å². The molecule has 1 rings (SSSR count). The molecule has 0 unspecified atom stereocenters. The molecule has 0 aromatic carbocycles. The molecule has 1 fully saturated rings. The zero-order chi connectivity index (χ0) is 8.10. The van der Waals surface area contributed by atoms with Gasteiger partial charge in [0.25, 0.3) is 0 Å². The van der Waals surface area contributed by atoms with Crippen LogP contribution in [-0.2, 0) is 4.79 Å². The summed E-state index contributed by atoms with van der Waals surface area (Å²) in [6.45, 7) is 2.14. The van der Waals surface area contributed by atoms with Crippen molar-refractivity contribution in [3.63, 3.8) is 0 Å². The Balaban J connectivity index is 0.00000121. The van der Waals surface area contributed by atoms with Crippen molar-refractivity contribution in [2.24, 2.45) is 5.92 Å². The molecule has 0 bridgehead atoms. The number of hydrogen-bond acceptors (Lipinski definition) is 2. The molecule has 0 radical (unpaired) electrons. The molecule has 0 aromatic rings. The maximum absolute atomic E-state index is 10.9. The first-order valence-electron chi connectivity index (χ1n) is 4.24. The van der Waals surface area contributed by atoms with Crippen molar-refractivity contribution in [1.82, 2.24) is 10.6 Å². The molecule has 72 valence electrons. The van der Waals surface area contributed by atoms with Crippen molar-refractivity contribution in [3.8, 4) is 0 Å². The predicted molar refractivity (Wildman–Crippen MR) is 51.5 cm³/mol. The lowest BCUT2D eigenvalue weighted by atomic mass is 9.94. The highest BCUT2D eigenvalue weighted by Crippen LogP contribution is 2.14. The molecule has 0 spiro atoms. The molecule has 0 aromatic heterocycles. The quantitative estimate of drug-likeness (QED) is 0.671. The van der Waals surface area contributed by atoms with E-state index in [0.717, 1.165) is 25.9 Å². The van der Waals surface area contributed by atoms with Gasteiger partial charge in [0, 0.05) is 13.5 Å². The fourth-order valence-electron chi connectivity index (χ4n) is 1.45. The molecule has 1 aliphatic rings. The number of hydrogen-bond donors (Lipinski definition) is 2. The highest BCUT2D eigenvalue weighted by Gasteiger charge is 2.15. The number of nitrogens with one attached hydrogen (secondary N) is 2. The molecular formula is C8H17ClN2O. The Morgan fingerprint density at radius 2 is 2.08 bits per heavy atom. The minimum absolute atomic E-state index is 0. The summed E-state index contributed by atoms with van der Waals surface area (Å²) >= 11 is 0. The monoisotopic (exact) mass is 192 g/mol. The Kier molecular flexibility index (Phi) is 6.11. The van der Waals surface area contributed by atoms with E-state index < -0.39 is 0 Å². The normalized spacial score (nSPS) is 18.1. The van der Waals surface area contributed by atoms with Gasteiger partial charge in [0.2, 0.25) is 5.91 Å². The third-order valence-corrected chi connectivity index (χ3v) is 2.21. The van der Waals surface area contributed by atoms with Gasteiger partial charge in [-0.15, -0.1) is 12.4 Å². The molecule has 1 saturated heterocycles. The van der Waals surface area contributed by atoms with Gasteiger partial charge < -0.3 is 10.6 Å². The average molecular weight is 193 g/mol. The minimum atomic E-state index is 0. The fraction of sp³-hybridized carbons (Fsp3) is 0.875. The van der Waals surface area contributed by atoms with Crippen LogP contribution in [0.1, 0.15) is 19.3 Å². The second-order valence-corrected chi connectivity index (χ2v) is 3.07. The molecule has 2 N–H and O–H groups in total. The van der Waals surface area contributed by atoms with Gasteiger partial charge in [0.05, 0.1) is 0 Å². The smallest absolute Gasteiger partial charge is 0.220 e. The third-order valence-electron chi connectivity index (χ3n) is 2.21. The Bertz CT molecular complexity index is 135. The van der Waals surface area contributed by atoms with Crippen molar-refractivity contribution in [2.45, 2.75) is 19.3 Å². The summed E-state index contributed by atoms with van der Waals surface area (Å²) in [6, 6.07) is 0. The van der Waals surface area contributed by atoms with E-state index in [1.807, 2.05) is 0 Å². The van der Waals surface area contributed by atoms with E-state index >= 15 is 0 Å². The number of amides is 1.